The molecule has 0 aliphatic carbocycles. The molecule has 0 aliphatic heterocycles. The Bertz CT molecular complexity index is 102. The van der Waals surface area contributed by atoms with Gasteiger partial charge in [0.25, 0.3) is 0 Å². The highest BCUT2D eigenvalue weighted by Gasteiger charge is 2.06. The lowest BCUT2D eigenvalue weighted by atomic mass is 10.1. The summed E-state index contributed by atoms with van der Waals surface area (Å²) in [5.41, 5.74) is 15.3. The second kappa shape index (κ2) is 9.97. The molecule has 0 radical (unpaired) electrons. The van der Waals surface area contributed by atoms with E-state index in [1.165, 1.54) is 0 Å². The Labute approximate surface area is 78.7 Å². The molecule has 0 fully saturated rings. The zero-order valence-electron chi connectivity index (χ0n) is 6.16. The van der Waals surface area contributed by atoms with Gasteiger partial charge in [0.2, 0.25) is 5.91 Å². The molecule has 0 aliphatic rings. The van der Waals surface area contributed by atoms with E-state index in [1.54, 1.807) is 0 Å². The average molecular weight is 204 g/mol. The Hall–Kier alpha value is -0.0300. The van der Waals surface area contributed by atoms with Crippen LogP contribution in [0.4, 0.5) is 0 Å². The number of rotatable bonds is 4. The van der Waals surface area contributed by atoms with Crippen LogP contribution in [-0.4, -0.2) is 18.5 Å². The Balaban J connectivity index is -0.000000320. The Morgan fingerprint density at radius 3 is 2.09 bits per heavy atom. The van der Waals surface area contributed by atoms with Gasteiger partial charge >= 0.3 is 0 Å². The van der Waals surface area contributed by atoms with Crippen LogP contribution in [0.15, 0.2) is 0 Å². The third kappa shape index (κ3) is 9.97. The molecule has 0 heterocycles. The molecule has 0 aromatic rings. The van der Waals surface area contributed by atoms with Gasteiger partial charge in [-0.15, -0.1) is 24.8 Å². The summed E-state index contributed by atoms with van der Waals surface area (Å²) in [6.07, 6.45) is 1.34. The van der Waals surface area contributed by atoms with Crippen molar-refractivity contribution >= 4 is 30.7 Å². The Kier molecular flexibility index (Phi) is 15.6. The van der Waals surface area contributed by atoms with Gasteiger partial charge in [-0.2, -0.15) is 0 Å². The van der Waals surface area contributed by atoms with Crippen molar-refractivity contribution < 1.29 is 4.79 Å². The van der Waals surface area contributed by atoms with E-state index < -0.39 is 11.9 Å². The van der Waals surface area contributed by atoms with Gasteiger partial charge < -0.3 is 17.2 Å². The van der Waals surface area contributed by atoms with Crippen LogP contribution >= 0.6 is 24.8 Å². The molecule has 0 bridgehead atoms. The fourth-order valence-corrected chi connectivity index (χ4v) is 0.480. The SMILES string of the molecule is Cl.Cl.NCCC[C@H](N)C(N)=O. The second-order valence-electron chi connectivity index (χ2n) is 1.94. The maximum Gasteiger partial charge on any atom is 0.234 e. The third-order valence-electron chi connectivity index (χ3n) is 1.08. The molecule has 1 amide bonds. The topological polar surface area (TPSA) is 95.1 Å². The van der Waals surface area contributed by atoms with E-state index in [-0.39, 0.29) is 24.8 Å². The molecular weight excluding hydrogens is 189 g/mol. The summed E-state index contributed by atoms with van der Waals surface area (Å²) in [6, 6.07) is -0.520. The monoisotopic (exact) mass is 203 g/mol. The molecule has 0 aromatic carbocycles. The van der Waals surface area contributed by atoms with Crippen LogP contribution in [0.3, 0.4) is 0 Å². The molecule has 11 heavy (non-hydrogen) atoms. The number of primary amides is 1. The first-order valence-electron chi connectivity index (χ1n) is 2.93. The van der Waals surface area contributed by atoms with Crippen molar-refractivity contribution in [3.05, 3.63) is 0 Å². The van der Waals surface area contributed by atoms with Gasteiger partial charge in [0.15, 0.2) is 0 Å². The normalized spacial score (nSPS) is 10.7. The lowest BCUT2D eigenvalue weighted by Crippen LogP contribution is -2.36. The minimum absolute atomic E-state index is 0. The number of amides is 1. The van der Waals surface area contributed by atoms with Crippen molar-refractivity contribution in [1.82, 2.24) is 0 Å². The summed E-state index contributed by atoms with van der Waals surface area (Å²) in [7, 11) is 0. The van der Waals surface area contributed by atoms with E-state index in [9.17, 15) is 4.79 Å². The van der Waals surface area contributed by atoms with Crippen LogP contribution in [0.5, 0.6) is 0 Å². The van der Waals surface area contributed by atoms with Gasteiger partial charge in [-0.1, -0.05) is 0 Å². The van der Waals surface area contributed by atoms with Crippen LogP contribution in [0.2, 0.25) is 0 Å². The van der Waals surface area contributed by atoms with Crippen molar-refractivity contribution in [2.45, 2.75) is 18.9 Å². The van der Waals surface area contributed by atoms with Crippen LogP contribution in [0.25, 0.3) is 0 Å². The molecule has 70 valence electrons. The summed E-state index contributed by atoms with van der Waals surface area (Å²) in [6.45, 7) is 0.557. The van der Waals surface area contributed by atoms with Gasteiger partial charge in [0.05, 0.1) is 6.04 Å². The summed E-state index contributed by atoms with van der Waals surface area (Å²) in [5.74, 6) is -0.455. The molecule has 6 N–H and O–H groups in total. The lowest BCUT2D eigenvalue weighted by molar-refractivity contribution is -0.119. The predicted molar refractivity (Wildman–Crippen MR) is 50.0 cm³/mol. The van der Waals surface area contributed by atoms with Crippen molar-refractivity contribution in [3.63, 3.8) is 0 Å². The summed E-state index contributed by atoms with van der Waals surface area (Å²) < 4.78 is 0. The molecule has 4 nitrogen and oxygen atoms in total. The summed E-state index contributed by atoms with van der Waals surface area (Å²) in [5, 5.41) is 0. The van der Waals surface area contributed by atoms with Crippen LogP contribution < -0.4 is 17.2 Å². The quantitative estimate of drug-likeness (QED) is 0.569. The van der Waals surface area contributed by atoms with Crippen LogP contribution in [0.1, 0.15) is 12.8 Å². The molecule has 0 aromatic heterocycles. The highest BCUT2D eigenvalue weighted by atomic mass is 35.5. The highest BCUT2D eigenvalue weighted by Crippen LogP contribution is 1.89. The molecule has 0 rings (SSSR count). The number of hydrogen-bond acceptors (Lipinski definition) is 3. The minimum atomic E-state index is -0.520. The number of carbonyl (C=O) groups is 1. The van der Waals surface area contributed by atoms with Gasteiger partial charge in [0.1, 0.15) is 0 Å². The average Bonchev–Trinajstić information content (AvgIpc) is 1.82. The van der Waals surface area contributed by atoms with Gasteiger partial charge in [-0.05, 0) is 19.4 Å². The van der Waals surface area contributed by atoms with E-state index in [2.05, 4.69) is 0 Å². The van der Waals surface area contributed by atoms with Crippen LogP contribution in [-0.2, 0) is 4.79 Å². The fraction of sp³-hybridized carbons (Fsp3) is 0.800. The van der Waals surface area contributed by atoms with E-state index in [1.807, 2.05) is 0 Å². The second-order valence-corrected chi connectivity index (χ2v) is 1.94. The van der Waals surface area contributed by atoms with Crippen molar-refractivity contribution in [2.24, 2.45) is 17.2 Å². The molecule has 0 spiro atoms. The summed E-state index contributed by atoms with van der Waals surface area (Å²) >= 11 is 0. The van der Waals surface area contributed by atoms with E-state index >= 15 is 0 Å². The standard InChI is InChI=1S/C5H13N3O.2ClH/c6-3-1-2-4(7)5(8)9;;/h4H,1-3,6-7H2,(H2,8,9);2*1H/t4-;;/m0../s1. The largest absolute Gasteiger partial charge is 0.368 e. The number of hydrogen-bond donors (Lipinski definition) is 3. The molecule has 0 unspecified atom stereocenters. The van der Waals surface area contributed by atoms with Gasteiger partial charge in [0, 0.05) is 0 Å². The lowest BCUT2D eigenvalue weighted by Gasteiger charge is -2.03. The zero-order valence-corrected chi connectivity index (χ0v) is 7.79. The molecule has 0 saturated heterocycles. The summed E-state index contributed by atoms with van der Waals surface area (Å²) in [4.78, 5) is 10.3. The first kappa shape index (κ1) is 17.2. The van der Waals surface area contributed by atoms with Crippen LogP contribution in [0, 0.1) is 0 Å². The zero-order chi connectivity index (χ0) is 7.28. The number of halogens is 2. The van der Waals surface area contributed by atoms with E-state index in [0.29, 0.717) is 13.0 Å². The maximum absolute atomic E-state index is 10.3. The maximum atomic E-state index is 10.3. The minimum Gasteiger partial charge on any atom is -0.368 e. The molecular formula is C5H15Cl2N3O. The van der Waals surface area contributed by atoms with Crippen molar-refractivity contribution in [1.29, 1.82) is 0 Å². The van der Waals surface area contributed by atoms with E-state index in [4.69, 9.17) is 17.2 Å². The first-order valence-corrected chi connectivity index (χ1v) is 2.93. The molecule has 1 atom stereocenters. The molecule has 6 heteroatoms. The number of carbonyl (C=O) groups excluding carboxylic acids is 1. The van der Waals surface area contributed by atoms with Gasteiger partial charge in [-0.3, -0.25) is 4.79 Å². The first-order chi connectivity index (χ1) is 4.18. The van der Waals surface area contributed by atoms with Crippen molar-refractivity contribution in [2.75, 3.05) is 6.54 Å². The highest BCUT2D eigenvalue weighted by molar-refractivity contribution is 5.85. The van der Waals surface area contributed by atoms with Gasteiger partial charge in [-0.25, -0.2) is 0 Å². The Morgan fingerprint density at radius 2 is 1.82 bits per heavy atom. The van der Waals surface area contributed by atoms with E-state index in [0.717, 1.165) is 6.42 Å². The van der Waals surface area contributed by atoms with Crippen molar-refractivity contribution in [3.8, 4) is 0 Å². The third-order valence-corrected chi connectivity index (χ3v) is 1.08. The number of nitrogens with two attached hydrogens (primary N) is 3. The fourth-order valence-electron chi connectivity index (χ4n) is 0.480. The smallest absolute Gasteiger partial charge is 0.234 e. The predicted octanol–water partition coefficient (Wildman–Crippen LogP) is -0.619. The Morgan fingerprint density at radius 1 is 1.36 bits per heavy atom. The molecule has 0 saturated carbocycles.